The van der Waals surface area contributed by atoms with Crippen LogP contribution in [0.4, 0.5) is 10.1 Å². The van der Waals surface area contributed by atoms with Crippen LogP contribution in [0.1, 0.15) is 21.7 Å². The van der Waals surface area contributed by atoms with Crippen molar-refractivity contribution in [3.63, 3.8) is 0 Å². The number of amides is 1. The van der Waals surface area contributed by atoms with Crippen molar-refractivity contribution in [2.45, 2.75) is 13.0 Å². The van der Waals surface area contributed by atoms with Crippen LogP contribution < -0.4 is 15.1 Å². The third-order valence-electron chi connectivity index (χ3n) is 4.45. The van der Waals surface area contributed by atoms with Gasteiger partial charge in [-0.2, -0.15) is 0 Å². The highest BCUT2D eigenvalue weighted by Crippen LogP contribution is 2.28. The topological polar surface area (TPSA) is 59.8 Å². The van der Waals surface area contributed by atoms with Crippen molar-refractivity contribution in [1.29, 1.82) is 0 Å². The first-order valence-corrected chi connectivity index (χ1v) is 8.52. The summed E-state index contributed by atoms with van der Waals surface area (Å²) in [5.74, 6) is -0.740. The maximum atomic E-state index is 12.9. The number of benzene rings is 2. The van der Waals surface area contributed by atoms with Crippen LogP contribution >= 0.6 is 0 Å². The molecule has 0 saturated carbocycles. The fourth-order valence-corrected chi connectivity index (χ4v) is 3.04. The molecule has 1 aromatic heterocycles. The van der Waals surface area contributed by atoms with E-state index in [0.29, 0.717) is 12.1 Å². The number of rotatable bonds is 4. The van der Waals surface area contributed by atoms with Gasteiger partial charge in [0.15, 0.2) is 5.76 Å². The van der Waals surface area contributed by atoms with Crippen LogP contribution in [0.2, 0.25) is 0 Å². The Morgan fingerprint density at radius 2 is 1.93 bits per heavy atom. The number of hydrogen-bond acceptors (Lipinski definition) is 4. The van der Waals surface area contributed by atoms with Crippen molar-refractivity contribution in [3.8, 4) is 5.75 Å². The number of carbonyl (C=O) groups is 1. The lowest BCUT2D eigenvalue weighted by molar-refractivity contribution is 0.0959. The number of halogens is 1. The molecule has 0 bridgehead atoms. The summed E-state index contributed by atoms with van der Waals surface area (Å²) < 4.78 is 23.7. The summed E-state index contributed by atoms with van der Waals surface area (Å²) in [6, 6.07) is 14.6. The van der Waals surface area contributed by atoms with E-state index in [2.05, 4.69) is 0 Å². The van der Waals surface area contributed by atoms with Crippen molar-refractivity contribution in [2.75, 3.05) is 11.4 Å². The molecule has 4 rings (SSSR count). The highest BCUT2D eigenvalue weighted by molar-refractivity contribution is 6.05. The van der Waals surface area contributed by atoms with Crippen LogP contribution in [0.15, 0.2) is 70.1 Å². The van der Waals surface area contributed by atoms with Gasteiger partial charge in [0, 0.05) is 18.3 Å². The van der Waals surface area contributed by atoms with Gasteiger partial charge in [-0.1, -0.05) is 30.3 Å². The molecule has 0 saturated heterocycles. The molecule has 5 nitrogen and oxygen atoms in total. The Morgan fingerprint density at radius 3 is 2.70 bits per heavy atom. The van der Waals surface area contributed by atoms with Crippen molar-refractivity contribution >= 4 is 11.6 Å². The fourth-order valence-electron chi connectivity index (χ4n) is 3.04. The van der Waals surface area contributed by atoms with E-state index >= 15 is 0 Å². The molecule has 0 aliphatic carbocycles. The van der Waals surface area contributed by atoms with Gasteiger partial charge in [0.2, 0.25) is 11.2 Å². The molecule has 6 heteroatoms. The minimum atomic E-state index is -0.445. The molecule has 2 heterocycles. The summed E-state index contributed by atoms with van der Waals surface area (Å²) >= 11 is 0. The van der Waals surface area contributed by atoms with Gasteiger partial charge in [-0.25, -0.2) is 4.39 Å². The first-order chi connectivity index (χ1) is 13.1. The zero-order valence-electron chi connectivity index (χ0n) is 14.4. The van der Waals surface area contributed by atoms with Gasteiger partial charge in [-0.15, -0.1) is 0 Å². The number of ether oxygens (including phenoxy) is 1. The molecule has 0 radical (unpaired) electrons. The number of hydrogen-bond donors (Lipinski definition) is 0. The Kier molecular flexibility index (Phi) is 4.46. The van der Waals surface area contributed by atoms with Crippen LogP contribution in [0, 0.1) is 5.82 Å². The molecule has 1 aliphatic heterocycles. The lowest BCUT2D eigenvalue weighted by Crippen LogP contribution is -2.29. The smallest absolute Gasteiger partial charge is 0.294 e. The quantitative estimate of drug-likeness (QED) is 0.709. The van der Waals surface area contributed by atoms with E-state index in [1.165, 1.54) is 12.1 Å². The Balaban J connectivity index is 1.49. The minimum absolute atomic E-state index is 0.00213. The second-order valence-electron chi connectivity index (χ2n) is 6.22. The Hall–Kier alpha value is -3.41. The molecule has 136 valence electrons. The van der Waals surface area contributed by atoms with E-state index < -0.39 is 5.43 Å². The van der Waals surface area contributed by atoms with Crippen LogP contribution in [-0.2, 0) is 13.0 Å². The van der Waals surface area contributed by atoms with Crippen molar-refractivity contribution in [1.82, 2.24) is 0 Å². The van der Waals surface area contributed by atoms with E-state index in [0.717, 1.165) is 30.0 Å². The van der Waals surface area contributed by atoms with Crippen LogP contribution in [0.5, 0.6) is 5.75 Å². The Morgan fingerprint density at radius 1 is 1.15 bits per heavy atom. The Bertz CT molecular complexity index is 1040. The maximum absolute atomic E-state index is 12.9. The molecule has 0 spiro atoms. The first-order valence-electron chi connectivity index (χ1n) is 8.52. The summed E-state index contributed by atoms with van der Waals surface area (Å²) in [6.45, 7) is 0.641. The lowest BCUT2D eigenvalue weighted by atomic mass is 10.2. The van der Waals surface area contributed by atoms with E-state index in [9.17, 15) is 14.0 Å². The van der Waals surface area contributed by atoms with Gasteiger partial charge in [0.25, 0.3) is 5.91 Å². The normalized spacial score (nSPS) is 12.7. The van der Waals surface area contributed by atoms with E-state index in [-0.39, 0.29) is 29.8 Å². The van der Waals surface area contributed by atoms with E-state index in [1.54, 1.807) is 17.0 Å². The number of anilines is 1. The maximum Gasteiger partial charge on any atom is 0.294 e. The molecule has 1 amide bonds. The molecule has 0 unspecified atom stereocenters. The first kappa shape index (κ1) is 17.0. The molecule has 27 heavy (non-hydrogen) atoms. The Labute approximate surface area is 154 Å². The number of fused-ring (bicyclic) bond motifs is 1. The van der Waals surface area contributed by atoms with Gasteiger partial charge in [-0.3, -0.25) is 9.59 Å². The van der Waals surface area contributed by atoms with Gasteiger partial charge in [0.1, 0.15) is 18.7 Å². The fraction of sp³-hybridized carbons (Fsp3) is 0.143. The van der Waals surface area contributed by atoms with E-state index in [1.807, 2.05) is 24.3 Å². The summed E-state index contributed by atoms with van der Waals surface area (Å²) in [4.78, 5) is 26.6. The largest absolute Gasteiger partial charge is 0.482 e. The average molecular weight is 365 g/mol. The van der Waals surface area contributed by atoms with Gasteiger partial charge in [0.05, 0.1) is 0 Å². The zero-order valence-corrected chi connectivity index (χ0v) is 14.4. The number of carbonyl (C=O) groups excluding carboxylic acids is 1. The third kappa shape index (κ3) is 3.46. The molecule has 3 aromatic rings. The molecule has 0 atom stereocenters. The zero-order chi connectivity index (χ0) is 18.8. The van der Waals surface area contributed by atoms with Gasteiger partial charge < -0.3 is 14.1 Å². The summed E-state index contributed by atoms with van der Waals surface area (Å²) in [7, 11) is 0. The molecule has 2 aromatic carbocycles. The third-order valence-corrected chi connectivity index (χ3v) is 4.45. The van der Waals surface area contributed by atoms with Gasteiger partial charge in [-0.05, 0) is 35.7 Å². The monoisotopic (exact) mass is 365 g/mol. The predicted octanol–water partition coefficient (Wildman–Crippen LogP) is 3.56. The summed E-state index contributed by atoms with van der Waals surface area (Å²) in [5.41, 5.74) is 2.19. The SMILES string of the molecule is O=C(c1cc(=O)c(OCc2ccc(F)cc2)co1)N1CCc2ccccc21. The highest BCUT2D eigenvalue weighted by Gasteiger charge is 2.27. The van der Waals surface area contributed by atoms with Gasteiger partial charge >= 0.3 is 0 Å². The number of nitrogens with zero attached hydrogens (tertiary/aromatic N) is 1. The minimum Gasteiger partial charge on any atom is -0.482 e. The van der Waals surface area contributed by atoms with Crippen molar-refractivity contribution < 1.29 is 18.3 Å². The lowest BCUT2D eigenvalue weighted by Gasteiger charge is -2.16. The molecular formula is C21H16FNO4. The van der Waals surface area contributed by atoms with Crippen molar-refractivity contribution in [3.05, 3.63) is 93.8 Å². The average Bonchev–Trinajstić information content (AvgIpc) is 3.12. The molecule has 1 aliphatic rings. The summed E-state index contributed by atoms with van der Waals surface area (Å²) in [6.07, 6.45) is 1.91. The summed E-state index contributed by atoms with van der Waals surface area (Å²) in [5, 5.41) is 0. The van der Waals surface area contributed by atoms with Crippen molar-refractivity contribution in [2.24, 2.45) is 0 Å². The molecule has 0 N–H and O–H groups in total. The molecule has 0 fully saturated rings. The second-order valence-corrected chi connectivity index (χ2v) is 6.22. The standard InChI is InChI=1S/C21H16FNO4/c22-16-7-5-14(6-8-16)12-26-20-13-27-19(11-18(20)24)21(25)23-10-9-15-3-1-2-4-17(15)23/h1-8,11,13H,9-10,12H2. The van der Waals surface area contributed by atoms with Crippen LogP contribution in [-0.4, -0.2) is 12.5 Å². The van der Waals surface area contributed by atoms with E-state index in [4.69, 9.17) is 9.15 Å². The highest BCUT2D eigenvalue weighted by atomic mass is 19.1. The van der Waals surface area contributed by atoms with Crippen LogP contribution in [0.25, 0.3) is 0 Å². The number of para-hydroxylation sites is 1. The second kappa shape index (κ2) is 7.07. The van der Waals surface area contributed by atoms with Crippen LogP contribution in [0.3, 0.4) is 0 Å². The molecular weight excluding hydrogens is 349 g/mol. The predicted molar refractivity (Wildman–Crippen MR) is 97.5 cm³/mol.